The largest absolute Gasteiger partial charge is 0.484 e. The van der Waals surface area contributed by atoms with Crippen molar-refractivity contribution in [1.29, 1.82) is 0 Å². The first-order valence-electron chi connectivity index (χ1n) is 6.45. The molecule has 1 aromatic carbocycles. The maximum absolute atomic E-state index is 12.1. The molecule has 0 aromatic heterocycles. The van der Waals surface area contributed by atoms with E-state index in [0.29, 0.717) is 10.8 Å². The Hall–Kier alpha value is -1.79. The Balaban J connectivity index is 1.97. The number of esters is 1. The van der Waals surface area contributed by atoms with Crippen LogP contribution in [0.4, 0.5) is 0 Å². The number of benzene rings is 1. The van der Waals surface area contributed by atoms with Gasteiger partial charge in [-0.25, -0.2) is 4.79 Å². The summed E-state index contributed by atoms with van der Waals surface area (Å²) in [6.45, 7) is -0.141. The van der Waals surface area contributed by atoms with Crippen molar-refractivity contribution in [3.8, 4) is 5.75 Å². The number of hydrogen-bond acceptors (Lipinski definition) is 5. The Kier molecular flexibility index (Phi) is 5.03. The van der Waals surface area contributed by atoms with E-state index >= 15 is 0 Å². The first-order chi connectivity index (χ1) is 10.0. The molecule has 1 amide bonds. The minimum absolute atomic E-state index is 0.0947. The van der Waals surface area contributed by atoms with E-state index in [9.17, 15) is 14.7 Å². The number of amides is 1. The number of methoxy groups -OCH3 is 1. The van der Waals surface area contributed by atoms with Crippen LogP contribution in [0.25, 0.3) is 0 Å². The highest BCUT2D eigenvalue weighted by Gasteiger charge is 2.39. The number of β-amino-alcohol motifs (C(OH)–C–C–N with tert-alkyl or cyclic N) is 1. The molecular weight excluding hydrogens is 298 g/mol. The fourth-order valence-electron chi connectivity index (χ4n) is 2.23. The molecule has 2 rings (SSSR count). The van der Waals surface area contributed by atoms with Gasteiger partial charge < -0.3 is 19.5 Å². The molecule has 0 saturated carbocycles. The number of carbonyl (C=O) groups excluding carboxylic acids is 2. The van der Waals surface area contributed by atoms with Crippen LogP contribution in [-0.4, -0.2) is 54.3 Å². The molecule has 2 unspecified atom stereocenters. The molecule has 1 aromatic rings. The molecular formula is C14H16ClNO5. The van der Waals surface area contributed by atoms with Crippen LogP contribution in [0.1, 0.15) is 6.42 Å². The van der Waals surface area contributed by atoms with Gasteiger partial charge in [0.15, 0.2) is 6.61 Å². The summed E-state index contributed by atoms with van der Waals surface area (Å²) in [5.41, 5.74) is 0. The highest BCUT2D eigenvalue weighted by molar-refractivity contribution is 6.30. The van der Waals surface area contributed by atoms with Crippen molar-refractivity contribution in [1.82, 2.24) is 4.90 Å². The van der Waals surface area contributed by atoms with Crippen LogP contribution in [0.3, 0.4) is 0 Å². The van der Waals surface area contributed by atoms with Crippen molar-refractivity contribution in [2.45, 2.75) is 18.6 Å². The lowest BCUT2D eigenvalue weighted by molar-refractivity contribution is -0.151. The van der Waals surface area contributed by atoms with Gasteiger partial charge in [0.05, 0.1) is 13.2 Å². The molecule has 1 saturated heterocycles. The molecule has 1 N–H and O–H groups in total. The number of rotatable bonds is 4. The number of aliphatic hydroxyl groups excluding tert-OH is 1. The molecule has 0 spiro atoms. The zero-order valence-corrected chi connectivity index (χ0v) is 12.2. The van der Waals surface area contributed by atoms with Gasteiger partial charge in [-0.1, -0.05) is 17.7 Å². The quantitative estimate of drug-likeness (QED) is 0.834. The van der Waals surface area contributed by atoms with Gasteiger partial charge in [-0.3, -0.25) is 4.79 Å². The van der Waals surface area contributed by atoms with E-state index in [-0.39, 0.29) is 25.5 Å². The second kappa shape index (κ2) is 6.78. The second-order valence-electron chi connectivity index (χ2n) is 4.72. The number of hydrogen-bond donors (Lipinski definition) is 1. The standard InChI is InChI=1S/C14H16ClNO5/c1-20-14(19)12-6-10(17)7-16(12)13(18)8-21-11-4-2-3-9(15)5-11/h2-5,10,12,17H,6-8H2,1H3. The molecule has 114 valence electrons. The van der Waals surface area contributed by atoms with Gasteiger partial charge in [0.2, 0.25) is 0 Å². The summed E-state index contributed by atoms with van der Waals surface area (Å²) in [4.78, 5) is 25.0. The number of ether oxygens (including phenoxy) is 2. The smallest absolute Gasteiger partial charge is 0.328 e. The summed E-state index contributed by atoms with van der Waals surface area (Å²) in [6.07, 6.45) is -0.556. The van der Waals surface area contributed by atoms with Crippen LogP contribution < -0.4 is 4.74 Å². The van der Waals surface area contributed by atoms with Crippen LogP contribution in [0.15, 0.2) is 24.3 Å². The Labute approximate surface area is 127 Å². The maximum Gasteiger partial charge on any atom is 0.328 e. The molecule has 0 bridgehead atoms. The molecule has 1 aliphatic rings. The number of aliphatic hydroxyl groups is 1. The fraction of sp³-hybridized carbons (Fsp3) is 0.429. The molecule has 21 heavy (non-hydrogen) atoms. The van der Waals surface area contributed by atoms with Crippen LogP contribution in [0.2, 0.25) is 5.02 Å². The Morgan fingerprint density at radius 3 is 2.90 bits per heavy atom. The maximum atomic E-state index is 12.1. The van der Waals surface area contributed by atoms with Crippen molar-refractivity contribution in [3.05, 3.63) is 29.3 Å². The zero-order valence-electron chi connectivity index (χ0n) is 11.5. The van der Waals surface area contributed by atoms with Gasteiger partial charge in [0.1, 0.15) is 11.8 Å². The summed E-state index contributed by atoms with van der Waals surface area (Å²) in [6, 6.07) is 5.90. The van der Waals surface area contributed by atoms with Crippen LogP contribution in [0, 0.1) is 0 Å². The van der Waals surface area contributed by atoms with Crippen molar-refractivity contribution in [2.24, 2.45) is 0 Å². The molecule has 0 aliphatic carbocycles. The van der Waals surface area contributed by atoms with Gasteiger partial charge in [0.25, 0.3) is 5.91 Å². The lowest BCUT2D eigenvalue weighted by atomic mass is 10.2. The Morgan fingerprint density at radius 2 is 2.24 bits per heavy atom. The lowest BCUT2D eigenvalue weighted by Gasteiger charge is -2.22. The SMILES string of the molecule is COC(=O)C1CC(O)CN1C(=O)COc1cccc(Cl)c1. The average molecular weight is 314 g/mol. The van der Waals surface area contributed by atoms with Crippen molar-refractivity contribution in [3.63, 3.8) is 0 Å². The normalized spacial score (nSPS) is 21.2. The van der Waals surface area contributed by atoms with E-state index < -0.39 is 18.1 Å². The first kappa shape index (κ1) is 15.6. The molecule has 0 radical (unpaired) electrons. The average Bonchev–Trinajstić information content (AvgIpc) is 2.86. The highest BCUT2D eigenvalue weighted by Crippen LogP contribution is 2.21. The molecule has 6 nitrogen and oxygen atoms in total. The number of halogens is 1. The third kappa shape index (κ3) is 3.86. The Morgan fingerprint density at radius 1 is 1.48 bits per heavy atom. The van der Waals surface area contributed by atoms with Crippen molar-refractivity contribution in [2.75, 3.05) is 20.3 Å². The van der Waals surface area contributed by atoms with E-state index in [1.54, 1.807) is 24.3 Å². The molecule has 7 heteroatoms. The molecule has 1 aliphatic heterocycles. The minimum atomic E-state index is -0.763. The zero-order chi connectivity index (χ0) is 15.4. The number of nitrogens with zero attached hydrogens (tertiary/aromatic N) is 1. The van der Waals surface area contributed by atoms with E-state index in [1.165, 1.54) is 12.0 Å². The third-order valence-corrected chi connectivity index (χ3v) is 3.47. The second-order valence-corrected chi connectivity index (χ2v) is 5.16. The summed E-state index contributed by atoms with van der Waals surface area (Å²) in [5, 5.41) is 10.1. The molecule has 1 fully saturated rings. The Bertz CT molecular complexity index is 536. The summed E-state index contributed by atoms with van der Waals surface area (Å²) >= 11 is 5.82. The van der Waals surface area contributed by atoms with E-state index in [0.717, 1.165) is 0 Å². The van der Waals surface area contributed by atoms with Gasteiger partial charge >= 0.3 is 5.97 Å². The fourth-order valence-corrected chi connectivity index (χ4v) is 2.41. The monoisotopic (exact) mass is 313 g/mol. The van der Waals surface area contributed by atoms with Gasteiger partial charge in [0, 0.05) is 18.0 Å². The molecule has 2 atom stereocenters. The van der Waals surface area contributed by atoms with Crippen molar-refractivity contribution < 1.29 is 24.2 Å². The predicted octanol–water partition coefficient (Wildman–Crippen LogP) is 0.854. The van der Waals surface area contributed by atoms with Crippen LogP contribution in [-0.2, 0) is 14.3 Å². The summed E-state index contributed by atoms with van der Waals surface area (Å²) in [5.74, 6) is -0.463. The minimum Gasteiger partial charge on any atom is -0.484 e. The van der Waals surface area contributed by atoms with Gasteiger partial charge in [-0.05, 0) is 18.2 Å². The van der Waals surface area contributed by atoms with E-state index in [2.05, 4.69) is 4.74 Å². The highest BCUT2D eigenvalue weighted by atomic mass is 35.5. The number of carbonyl (C=O) groups is 2. The topological polar surface area (TPSA) is 76.1 Å². The first-order valence-corrected chi connectivity index (χ1v) is 6.82. The summed E-state index contributed by atoms with van der Waals surface area (Å²) in [7, 11) is 1.25. The molecule has 1 heterocycles. The van der Waals surface area contributed by atoms with Gasteiger partial charge in [-0.2, -0.15) is 0 Å². The van der Waals surface area contributed by atoms with Crippen molar-refractivity contribution >= 4 is 23.5 Å². The predicted molar refractivity (Wildman–Crippen MR) is 75.1 cm³/mol. The van der Waals surface area contributed by atoms with Gasteiger partial charge in [-0.15, -0.1) is 0 Å². The lowest BCUT2D eigenvalue weighted by Crippen LogP contribution is -2.43. The summed E-state index contributed by atoms with van der Waals surface area (Å²) < 4.78 is 9.99. The van der Waals surface area contributed by atoms with Crippen LogP contribution in [0.5, 0.6) is 5.75 Å². The number of likely N-dealkylation sites (tertiary alicyclic amines) is 1. The third-order valence-electron chi connectivity index (χ3n) is 3.23. The van der Waals surface area contributed by atoms with Crippen LogP contribution >= 0.6 is 11.6 Å². The van der Waals surface area contributed by atoms with E-state index in [4.69, 9.17) is 16.3 Å². The van der Waals surface area contributed by atoms with E-state index in [1.807, 2.05) is 0 Å².